The van der Waals surface area contributed by atoms with Gasteiger partial charge < -0.3 is 15.7 Å². The molecule has 1 amide bonds. The zero-order valence-electron chi connectivity index (χ0n) is 14.1. The van der Waals surface area contributed by atoms with Crippen LogP contribution >= 0.6 is 23.7 Å². The molecule has 1 atom stereocenters. The van der Waals surface area contributed by atoms with Crippen LogP contribution in [0.25, 0.3) is 0 Å². The third-order valence-corrected chi connectivity index (χ3v) is 5.66. The molecule has 136 valence electrons. The number of hydrogen-bond acceptors (Lipinski definition) is 4. The van der Waals surface area contributed by atoms with Crippen LogP contribution in [0.5, 0.6) is 0 Å². The molecule has 0 saturated heterocycles. The topological polar surface area (TPSA) is 66.6 Å². The maximum atomic E-state index is 12.8. The molecule has 0 bridgehead atoms. The number of nitrogens with two attached hydrogens (primary N) is 1. The van der Waals surface area contributed by atoms with Gasteiger partial charge >= 0.3 is 0 Å². The van der Waals surface area contributed by atoms with Crippen LogP contribution in [-0.2, 0) is 11.3 Å². The quantitative estimate of drug-likeness (QED) is 0.772. The van der Waals surface area contributed by atoms with Gasteiger partial charge in [0.05, 0.1) is 6.54 Å². The molecule has 1 saturated carbocycles. The van der Waals surface area contributed by atoms with Crippen LogP contribution in [0.2, 0.25) is 0 Å². The lowest BCUT2D eigenvalue weighted by molar-refractivity contribution is -0.135. The summed E-state index contributed by atoms with van der Waals surface area (Å²) in [6, 6.07) is 13.7. The maximum Gasteiger partial charge on any atom is 0.224 e. The Morgan fingerprint density at radius 2 is 1.96 bits per heavy atom. The standard InChI is InChI=1S/C19H24N2O2S.ClH/c20-19(9-5-10-19)12-18(23)21(13-15-6-2-1-3-7-15)14-16(22)17-8-4-11-24-17;/h1-4,6-8,11,16,22H,5,9-10,12-14,20H2;1H. The van der Waals surface area contributed by atoms with Crippen molar-refractivity contribution >= 4 is 29.7 Å². The van der Waals surface area contributed by atoms with Crippen LogP contribution in [0.4, 0.5) is 0 Å². The highest BCUT2D eigenvalue weighted by atomic mass is 35.5. The Morgan fingerprint density at radius 1 is 1.24 bits per heavy atom. The Kier molecular flexibility index (Phi) is 7.02. The van der Waals surface area contributed by atoms with E-state index >= 15 is 0 Å². The minimum atomic E-state index is -0.659. The third-order valence-electron chi connectivity index (χ3n) is 4.69. The van der Waals surface area contributed by atoms with Crippen molar-refractivity contribution in [1.29, 1.82) is 0 Å². The van der Waals surface area contributed by atoms with Gasteiger partial charge in [0.2, 0.25) is 5.91 Å². The highest BCUT2D eigenvalue weighted by molar-refractivity contribution is 7.10. The normalized spacial score (nSPS) is 16.4. The fourth-order valence-corrected chi connectivity index (χ4v) is 3.76. The van der Waals surface area contributed by atoms with Crippen molar-refractivity contribution in [1.82, 2.24) is 4.90 Å². The lowest BCUT2D eigenvalue weighted by Gasteiger charge is -2.39. The van der Waals surface area contributed by atoms with Gasteiger partial charge in [-0.25, -0.2) is 0 Å². The first-order chi connectivity index (χ1) is 11.6. The molecule has 1 aliphatic carbocycles. The van der Waals surface area contributed by atoms with E-state index in [1.54, 1.807) is 4.90 Å². The highest BCUT2D eigenvalue weighted by Crippen LogP contribution is 2.33. The van der Waals surface area contributed by atoms with Crippen LogP contribution in [0.3, 0.4) is 0 Å². The van der Waals surface area contributed by atoms with Crippen molar-refractivity contribution < 1.29 is 9.90 Å². The fraction of sp³-hybridized carbons (Fsp3) is 0.421. The van der Waals surface area contributed by atoms with Gasteiger partial charge in [0.25, 0.3) is 0 Å². The Labute approximate surface area is 159 Å². The molecule has 4 nitrogen and oxygen atoms in total. The molecular weight excluding hydrogens is 356 g/mol. The van der Waals surface area contributed by atoms with Gasteiger partial charge in [-0.2, -0.15) is 0 Å². The summed E-state index contributed by atoms with van der Waals surface area (Å²) < 4.78 is 0. The van der Waals surface area contributed by atoms with Crippen molar-refractivity contribution in [3.63, 3.8) is 0 Å². The van der Waals surface area contributed by atoms with E-state index in [0.29, 0.717) is 19.5 Å². The molecule has 25 heavy (non-hydrogen) atoms. The highest BCUT2D eigenvalue weighted by Gasteiger charge is 2.36. The summed E-state index contributed by atoms with van der Waals surface area (Å²) in [5, 5.41) is 12.4. The fourth-order valence-electron chi connectivity index (χ4n) is 3.06. The molecule has 3 N–H and O–H groups in total. The molecule has 1 unspecified atom stereocenters. The summed E-state index contributed by atoms with van der Waals surface area (Å²) in [4.78, 5) is 15.4. The van der Waals surface area contributed by atoms with Gasteiger partial charge in [0, 0.05) is 23.4 Å². The lowest BCUT2D eigenvalue weighted by atomic mass is 9.75. The van der Waals surface area contributed by atoms with Gasteiger partial charge in [-0.15, -0.1) is 23.7 Å². The minimum Gasteiger partial charge on any atom is -0.386 e. The number of amides is 1. The average Bonchev–Trinajstić information content (AvgIpc) is 3.08. The molecule has 6 heteroatoms. The van der Waals surface area contributed by atoms with E-state index in [1.807, 2.05) is 47.8 Å². The SMILES string of the molecule is Cl.NC1(CC(=O)N(Cc2ccccc2)CC(O)c2cccs2)CCC1. The van der Waals surface area contributed by atoms with Gasteiger partial charge in [-0.3, -0.25) is 4.79 Å². The monoisotopic (exact) mass is 380 g/mol. The van der Waals surface area contributed by atoms with Crippen LogP contribution in [0.15, 0.2) is 47.8 Å². The summed E-state index contributed by atoms with van der Waals surface area (Å²) in [5.74, 6) is 0.0247. The summed E-state index contributed by atoms with van der Waals surface area (Å²) in [6.07, 6.45) is 2.61. The molecule has 1 aromatic heterocycles. The number of hydrogen-bond donors (Lipinski definition) is 2. The van der Waals surface area contributed by atoms with E-state index in [9.17, 15) is 9.90 Å². The first kappa shape index (κ1) is 19.9. The molecule has 1 aliphatic rings. The third kappa shape index (κ3) is 5.28. The summed E-state index contributed by atoms with van der Waals surface area (Å²) in [5.41, 5.74) is 6.96. The van der Waals surface area contributed by atoms with Gasteiger partial charge in [-0.1, -0.05) is 36.4 Å². The van der Waals surface area contributed by atoms with Crippen LogP contribution in [-0.4, -0.2) is 28.0 Å². The van der Waals surface area contributed by atoms with E-state index in [1.165, 1.54) is 11.3 Å². The molecule has 1 aromatic carbocycles. The van der Waals surface area contributed by atoms with Crippen molar-refractivity contribution in [3.05, 3.63) is 58.3 Å². The Balaban J connectivity index is 0.00000225. The van der Waals surface area contributed by atoms with Crippen molar-refractivity contribution in [2.75, 3.05) is 6.54 Å². The number of benzene rings is 1. The minimum absolute atomic E-state index is 0. The summed E-state index contributed by atoms with van der Waals surface area (Å²) in [7, 11) is 0. The van der Waals surface area contributed by atoms with E-state index in [2.05, 4.69) is 0 Å². The van der Waals surface area contributed by atoms with E-state index in [0.717, 1.165) is 29.7 Å². The van der Waals surface area contributed by atoms with Crippen LogP contribution in [0.1, 0.15) is 42.2 Å². The van der Waals surface area contributed by atoms with E-state index < -0.39 is 6.10 Å². The molecular formula is C19H25ClN2O2S. The van der Waals surface area contributed by atoms with Gasteiger partial charge in [0.15, 0.2) is 0 Å². The largest absolute Gasteiger partial charge is 0.386 e. The van der Waals surface area contributed by atoms with Gasteiger partial charge in [-0.05, 0) is 36.3 Å². The molecule has 3 rings (SSSR count). The molecule has 0 aliphatic heterocycles. The number of carbonyl (C=O) groups excluding carboxylic acids is 1. The Morgan fingerprint density at radius 3 is 2.52 bits per heavy atom. The molecule has 1 fully saturated rings. The average molecular weight is 381 g/mol. The number of nitrogens with zero attached hydrogens (tertiary/aromatic N) is 1. The maximum absolute atomic E-state index is 12.8. The number of aliphatic hydroxyl groups is 1. The van der Waals surface area contributed by atoms with Crippen LogP contribution in [0, 0.1) is 0 Å². The second kappa shape index (κ2) is 8.81. The Bertz CT molecular complexity index is 659. The first-order valence-electron chi connectivity index (χ1n) is 8.38. The second-order valence-corrected chi connectivity index (χ2v) is 7.66. The number of halogens is 1. The number of carbonyl (C=O) groups is 1. The molecule has 2 aromatic rings. The molecule has 0 spiro atoms. The van der Waals surface area contributed by atoms with Crippen molar-refractivity contribution in [3.8, 4) is 0 Å². The summed E-state index contributed by atoms with van der Waals surface area (Å²) >= 11 is 1.51. The second-order valence-electron chi connectivity index (χ2n) is 6.68. The van der Waals surface area contributed by atoms with Crippen molar-refractivity contribution in [2.45, 2.75) is 43.9 Å². The predicted molar refractivity (Wildman–Crippen MR) is 104 cm³/mol. The Hall–Kier alpha value is -1.40. The molecule has 1 heterocycles. The van der Waals surface area contributed by atoms with E-state index in [4.69, 9.17) is 5.73 Å². The zero-order chi connectivity index (χ0) is 17.0. The number of thiophene rings is 1. The van der Waals surface area contributed by atoms with Gasteiger partial charge in [0.1, 0.15) is 6.10 Å². The lowest BCUT2D eigenvalue weighted by Crippen LogP contribution is -2.50. The first-order valence-corrected chi connectivity index (χ1v) is 9.26. The predicted octanol–water partition coefficient (Wildman–Crippen LogP) is 3.50. The molecule has 0 radical (unpaired) electrons. The van der Waals surface area contributed by atoms with Crippen molar-refractivity contribution in [2.24, 2.45) is 5.73 Å². The number of rotatable bonds is 7. The smallest absolute Gasteiger partial charge is 0.224 e. The zero-order valence-corrected chi connectivity index (χ0v) is 15.8. The van der Waals surface area contributed by atoms with E-state index in [-0.39, 0.29) is 23.9 Å². The van der Waals surface area contributed by atoms with Crippen LogP contribution < -0.4 is 5.73 Å². The number of aliphatic hydroxyl groups excluding tert-OH is 1. The summed E-state index contributed by atoms with van der Waals surface area (Å²) in [6.45, 7) is 0.794.